The Morgan fingerprint density at radius 3 is 2.57 bits per heavy atom. The van der Waals surface area contributed by atoms with Crippen LogP contribution in [0.15, 0.2) is 0 Å². The second kappa shape index (κ2) is 4.19. The van der Waals surface area contributed by atoms with E-state index in [4.69, 9.17) is 4.74 Å². The molecule has 0 bridgehead atoms. The minimum atomic E-state index is 0.345. The highest BCUT2D eigenvalue weighted by molar-refractivity contribution is 4.95. The van der Waals surface area contributed by atoms with E-state index in [9.17, 15) is 0 Å². The first-order valence-corrected chi connectivity index (χ1v) is 6.11. The summed E-state index contributed by atoms with van der Waals surface area (Å²) >= 11 is 0. The Bertz CT molecular complexity index is 175. The summed E-state index contributed by atoms with van der Waals surface area (Å²) in [5.74, 6) is 0.923. The van der Waals surface area contributed by atoms with Gasteiger partial charge >= 0.3 is 0 Å². The van der Waals surface area contributed by atoms with Crippen molar-refractivity contribution in [1.82, 2.24) is 5.32 Å². The minimum Gasteiger partial charge on any atom is -0.375 e. The molecule has 0 radical (unpaired) electrons. The van der Waals surface area contributed by atoms with Crippen molar-refractivity contribution in [3.8, 4) is 0 Å². The van der Waals surface area contributed by atoms with E-state index in [1.165, 1.54) is 25.7 Å². The van der Waals surface area contributed by atoms with Gasteiger partial charge in [0.25, 0.3) is 0 Å². The fourth-order valence-corrected chi connectivity index (χ4v) is 2.62. The zero-order valence-electron chi connectivity index (χ0n) is 9.51. The van der Waals surface area contributed by atoms with Gasteiger partial charge in [-0.15, -0.1) is 0 Å². The van der Waals surface area contributed by atoms with Gasteiger partial charge in [0.05, 0.1) is 12.7 Å². The molecule has 1 N–H and O–H groups in total. The van der Waals surface area contributed by atoms with E-state index in [1.807, 2.05) is 0 Å². The summed E-state index contributed by atoms with van der Waals surface area (Å²) < 4.78 is 5.89. The predicted molar refractivity (Wildman–Crippen MR) is 58.4 cm³/mol. The van der Waals surface area contributed by atoms with Crippen LogP contribution in [-0.2, 0) is 4.74 Å². The second-order valence-electron chi connectivity index (χ2n) is 5.19. The van der Waals surface area contributed by atoms with Crippen LogP contribution in [0.25, 0.3) is 0 Å². The van der Waals surface area contributed by atoms with Crippen LogP contribution in [0, 0.1) is 5.92 Å². The van der Waals surface area contributed by atoms with E-state index in [2.05, 4.69) is 19.2 Å². The third-order valence-corrected chi connectivity index (χ3v) is 3.99. The zero-order valence-corrected chi connectivity index (χ0v) is 9.51. The van der Waals surface area contributed by atoms with Gasteiger partial charge < -0.3 is 10.1 Å². The molecule has 2 aliphatic rings. The highest BCUT2D eigenvalue weighted by atomic mass is 16.5. The molecule has 2 heteroatoms. The summed E-state index contributed by atoms with van der Waals surface area (Å²) in [4.78, 5) is 0. The minimum absolute atomic E-state index is 0.345. The van der Waals surface area contributed by atoms with Gasteiger partial charge in [0.15, 0.2) is 0 Å². The fourth-order valence-electron chi connectivity index (χ4n) is 2.62. The normalized spacial score (nSPS) is 44.1. The number of morpholine rings is 1. The highest BCUT2D eigenvalue weighted by Gasteiger charge is 2.37. The molecule has 1 saturated heterocycles. The molecule has 0 aromatic rings. The summed E-state index contributed by atoms with van der Waals surface area (Å²) in [7, 11) is 0. The molecule has 1 spiro atoms. The Kier molecular flexibility index (Phi) is 3.13. The van der Waals surface area contributed by atoms with E-state index >= 15 is 0 Å². The van der Waals surface area contributed by atoms with Crippen molar-refractivity contribution >= 4 is 0 Å². The first-order chi connectivity index (χ1) is 6.74. The van der Waals surface area contributed by atoms with Crippen molar-refractivity contribution in [1.29, 1.82) is 0 Å². The third-order valence-electron chi connectivity index (χ3n) is 3.99. The number of hydrogen-bond acceptors (Lipinski definition) is 2. The first kappa shape index (κ1) is 10.4. The van der Waals surface area contributed by atoms with E-state index < -0.39 is 0 Å². The molecule has 2 fully saturated rings. The molecule has 1 unspecified atom stereocenters. The first-order valence-electron chi connectivity index (χ1n) is 6.11. The van der Waals surface area contributed by atoms with Crippen LogP contribution in [0.4, 0.5) is 0 Å². The molecule has 2 rings (SSSR count). The standard InChI is InChI=1S/C12H23NO/c1-3-11-8-13-12(9-14-11)6-4-10(2)5-7-12/h10-11,13H,3-9H2,1-2H3. The average Bonchev–Trinajstić information content (AvgIpc) is 2.24. The molecule has 1 atom stereocenters. The topological polar surface area (TPSA) is 21.3 Å². The summed E-state index contributed by atoms with van der Waals surface area (Å²) in [6, 6.07) is 0. The van der Waals surface area contributed by atoms with Gasteiger partial charge in [-0.05, 0) is 38.0 Å². The lowest BCUT2D eigenvalue weighted by Gasteiger charge is -2.45. The summed E-state index contributed by atoms with van der Waals surface area (Å²) in [5, 5.41) is 3.73. The highest BCUT2D eigenvalue weighted by Crippen LogP contribution is 2.33. The van der Waals surface area contributed by atoms with E-state index in [1.54, 1.807) is 0 Å². The number of ether oxygens (including phenoxy) is 1. The quantitative estimate of drug-likeness (QED) is 0.696. The van der Waals surface area contributed by atoms with Crippen molar-refractivity contribution in [3.05, 3.63) is 0 Å². The van der Waals surface area contributed by atoms with E-state index in [0.29, 0.717) is 11.6 Å². The molecular formula is C12H23NO. The maximum atomic E-state index is 5.89. The Labute approximate surface area is 87.4 Å². The maximum absolute atomic E-state index is 5.89. The van der Waals surface area contributed by atoms with Crippen LogP contribution in [0.5, 0.6) is 0 Å². The Morgan fingerprint density at radius 1 is 1.36 bits per heavy atom. The molecule has 1 heterocycles. The van der Waals surface area contributed by atoms with Gasteiger partial charge in [0, 0.05) is 12.1 Å². The molecule has 14 heavy (non-hydrogen) atoms. The molecule has 0 aromatic heterocycles. The van der Waals surface area contributed by atoms with Gasteiger partial charge in [-0.1, -0.05) is 13.8 Å². The van der Waals surface area contributed by atoms with Crippen LogP contribution in [0.3, 0.4) is 0 Å². The smallest absolute Gasteiger partial charge is 0.0698 e. The lowest BCUT2D eigenvalue weighted by atomic mass is 9.77. The Morgan fingerprint density at radius 2 is 2.07 bits per heavy atom. The van der Waals surface area contributed by atoms with E-state index in [0.717, 1.165) is 25.5 Å². The molecule has 82 valence electrons. The van der Waals surface area contributed by atoms with E-state index in [-0.39, 0.29) is 0 Å². The fraction of sp³-hybridized carbons (Fsp3) is 1.00. The largest absolute Gasteiger partial charge is 0.375 e. The third kappa shape index (κ3) is 2.12. The van der Waals surface area contributed by atoms with Crippen LogP contribution >= 0.6 is 0 Å². The molecule has 1 saturated carbocycles. The van der Waals surface area contributed by atoms with Crippen molar-refractivity contribution in [3.63, 3.8) is 0 Å². The van der Waals surface area contributed by atoms with Gasteiger partial charge in [0.2, 0.25) is 0 Å². The second-order valence-corrected chi connectivity index (χ2v) is 5.19. The summed E-state index contributed by atoms with van der Waals surface area (Å²) in [6.07, 6.45) is 6.95. The SMILES string of the molecule is CCC1CNC2(CCC(C)CC2)CO1. The summed E-state index contributed by atoms with van der Waals surface area (Å²) in [5.41, 5.74) is 0.345. The van der Waals surface area contributed by atoms with Gasteiger partial charge in [-0.25, -0.2) is 0 Å². The van der Waals surface area contributed by atoms with Crippen molar-refractivity contribution < 1.29 is 4.74 Å². The van der Waals surface area contributed by atoms with Crippen LogP contribution in [0.1, 0.15) is 46.0 Å². The van der Waals surface area contributed by atoms with Crippen LogP contribution < -0.4 is 5.32 Å². The predicted octanol–water partition coefficient (Wildman–Crippen LogP) is 2.33. The number of rotatable bonds is 1. The molecular weight excluding hydrogens is 174 g/mol. The summed E-state index contributed by atoms with van der Waals surface area (Å²) in [6.45, 7) is 6.57. The lowest BCUT2D eigenvalue weighted by molar-refractivity contribution is -0.0497. The lowest BCUT2D eigenvalue weighted by Crippen LogP contribution is -2.58. The Balaban J connectivity index is 1.86. The van der Waals surface area contributed by atoms with Gasteiger partial charge in [-0.3, -0.25) is 0 Å². The van der Waals surface area contributed by atoms with Crippen molar-refractivity contribution in [2.45, 2.75) is 57.6 Å². The van der Waals surface area contributed by atoms with Crippen molar-refractivity contribution in [2.24, 2.45) is 5.92 Å². The van der Waals surface area contributed by atoms with Crippen LogP contribution in [-0.4, -0.2) is 24.8 Å². The number of hydrogen-bond donors (Lipinski definition) is 1. The van der Waals surface area contributed by atoms with Crippen LogP contribution in [0.2, 0.25) is 0 Å². The zero-order chi connectivity index (χ0) is 10.0. The average molecular weight is 197 g/mol. The maximum Gasteiger partial charge on any atom is 0.0698 e. The monoisotopic (exact) mass is 197 g/mol. The molecule has 0 amide bonds. The van der Waals surface area contributed by atoms with Gasteiger partial charge in [0.1, 0.15) is 0 Å². The molecule has 2 nitrogen and oxygen atoms in total. The van der Waals surface area contributed by atoms with Crippen molar-refractivity contribution in [2.75, 3.05) is 13.2 Å². The molecule has 1 aliphatic carbocycles. The number of nitrogens with one attached hydrogen (secondary N) is 1. The molecule has 0 aromatic carbocycles. The Hall–Kier alpha value is -0.0800. The molecule has 1 aliphatic heterocycles. The van der Waals surface area contributed by atoms with Gasteiger partial charge in [-0.2, -0.15) is 0 Å².